The maximum absolute atomic E-state index is 6.01. The second kappa shape index (κ2) is 6.20. The molecule has 0 bridgehead atoms. The molecule has 1 saturated heterocycles. The molecule has 0 aromatic carbocycles. The first-order valence-corrected chi connectivity index (χ1v) is 6.77. The van der Waals surface area contributed by atoms with Crippen LogP contribution in [0.1, 0.15) is 19.8 Å². The first kappa shape index (κ1) is 13.4. The van der Waals surface area contributed by atoms with Crippen molar-refractivity contribution in [1.29, 1.82) is 0 Å². The quantitative estimate of drug-likeness (QED) is 0.873. The summed E-state index contributed by atoms with van der Waals surface area (Å²) in [6.07, 6.45) is 4.01. The number of nitrogens with one attached hydrogen (secondary N) is 1. The molecule has 0 spiro atoms. The van der Waals surface area contributed by atoms with E-state index in [2.05, 4.69) is 27.1 Å². The van der Waals surface area contributed by atoms with E-state index in [0.29, 0.717) is 16.7 Å². The highest BCUT2D eigenvalue weighted by atomic mass is 35.5. The lowest BCUT2D eigenvalue weighted by molar-refractivity contribution is 0.199. The van der Waals surface area contributed by atoms with Gasteiger partial charge in [-0.3, -0.25) is 0 Å². The Morgan fingerprint density at radius 2 is 2.17 bits per heavy atom. The Hall–Kier alpha value is -1.07. The van der Waals surface area contributed by atoms with E-state index in [4.69, 9.17) is 17.3 Å². The van der Waals surface area contributed by atoms with Gasteiger partial charge in [0.1, 0.15) is 23.0 Å². The average Bonchev–Trinajstić information content (AvgIpc) is 2.37. The summed E-state index contributed by atoms with van der Waals surface area (Å²) in [6.45, 7) is 6.52. The minimum absolute atomic E-state index is 0.320. The number of nitrogens with two attached hydrogens (primary N) is 1. The molecule has 0 radical (unpaired) electrons. The second-order valence-electron chi connectivity index (χ2n) is 4.87. The third-order valence-corrected chi connectivity index (χ3v) is 3.79. The number of piperidine rings is 1. The molecule has 0 unspecified atom stereocenters. The van der Waals surface area contributed by atoms with Gasteiger partial charge in [0, 0.05) is 13.1 Å². The average molecular weight is 270 g/mol. The van der Waals surface area contributed by atoms with E-state index in [1.807, 2.05) is 0 Å². The summed E-state index contributed by atoms with van der Waals surface area (Å²) in [5.74, 6) is 1.81. The van der Waals surface area contributed by atoms with Crippen LogP contribution in [0.2, 0.25) is 5.02 Å². The summed E-state index contributed by atoms with van der Waals surface area (Å²) in [5.41, 5.74) is 5.62. The molecule has 0 amide bonds. The van der Waals surface area contributed by atoms with Crippen molar-refractivity contribution in [3.63, 3.8) is 0 Å². The van der Waals surface area contributed by atoms with E-state index in [1.165, 1.54) is 32.3 Å². The Balaban J connectivity index is 1.77. The van der Waals surface area contributed by atoms with Gasteiger partial charge in [-0.05, 0) is 31.8 Å². The van der Waals surface area contributed by atoms with Crippen LogP contribution in [0.4, 0.5) is 11.6 Å². The number of aromatic nitrogens is 2. The van der Waals surface area contributed by atoms with Crippen LogP contribution in [-0.4, -0.2) is 41.0 Å². The third kappa shape index (κ3) is 3.46. The van der Waals surface area contributed by atoms with Crippen LogP contribution in [0.3, 0.4) is 0 Å². The van der Waals surface area contributed by atoms with Crippen molar-refractivity contribution in [2.45, 2.75) is 19.8 Å². The van der Waals surface area contributed by atoms with Crippen LogP contribution < -0.4 is 11.1 Å². The van der Waals surface area contributed by atoms with Gasteiger partial charge in [0.15, 0.2) is 0 Å². The first-order chi connectivity index (χ1) is 8.66. The highest BCUT2D eigenvalue weighted by Crippen LogP contribution is 2.23. The van der Waals surface area contributed by atoms with E-state index in [0.717, 1.165) is 19.0 Å². The zero-order valence-electron chi connectivity index (χ0n) is 10.7. The molecule has 1 fully saturated rings. The van der Waals surface area contributed by atoms with Gasteiger partial charge in [0.2, 0.25) is 0 Å². The molecular weight excluding hydrogens is 250 g/mol. The van der Waals surface area contributed by atoms with Gasteiger partial charge >= 0.3 is 0 Å². The van der Waals surface area contributed by atoms with E-state index < -0.39 is 0 Å². The molecule has 100 valence electrons. The third-order valence-electron chi connectivity index (χ3n) is 3.41. The predicted octanol–water partition coefficient (Wildman–Crippen LogP) is 1.86. The zero-order chi connectivity index (χ0) is 13.0. The molecule has 6 heteroatoms. The number of hydrogen-bond acceptors (Lipinski definition) is 5. The van der Waals surface area contributed by atoms with Crippen molar-refractivity contribution in [3.8, 4) is 0 Å². The minimum Gasteiger partial charge on any atom is -0.382 e. The van der Waals surface area contributed by atoms with Crippen LogP contribution in [0.15, 0.2) is 6.33 Å². The molecule has 1 aliphatic rings. The number of likely N-dealkylation sites (tertiary alicyclic amines) is 1. The lowest BCUT2D eigenvalue weighted by Crippen LogP contribution is -2.36. The van der Waals surface area contributed by atoms with Gasteiger partial charge in [0.25, 0.3) is 0 Å². The fourth-order valence-corrected chi connectivity index (χ4v) is 2.29. The molecule has 1 aromatic rings. The Bertz CT molecular complexity index is 390. The van der Waals surface area contributed by atoms with Gasteiger partial charge in [0.05, 0.1) is 0 Å². The highest BCUT2D eigenvalue weighted by Gasteiger charge is 2.15. The molecule has 18 heavy (non-hydrogen) atoms. The molecule has 2 rings (SSSR count). The molecule has 3 N–H and O–H groups in total. The number of nitrogens with zero attached hydrogens (tertiary/aromatic N) is 3. The standard InChI is InChI=1S/C12H20ClN5/c1-9-2-5-18(6-3-9)7-4-15-12-10(13)11(14)16-8-17-12/h8-9H,2-7H2,1H3,(H3,14,15,16,17). The van der Waals surface area contributed by atoms with Crippen LogP contribution >= 0.6 is 11.6 Å². The molecule has 1 aromatic heterocycles. The molecule has 0 saturated carbocycles. The van der Waals surface area contributed by atoms with E-state index >= 15 is 0 Å². The molecular formula is C12H20ClN5. The lowest BCUT2D eigenvalue weighted by Gasteiger charge is -2.30. The SMILES string of the molecule is CC1CCN(CCNc2ncnc(N)c2Cl)CC1. The van der Waals surface area contributed by atoms with Crippen molar-refractivity contribution in [1.82, 2.24) is 14.9 Å². The van der Waals surface area contributed by atoms with Crippen molar-refractivity contribution >= 4 is 23.2 Å². The van der Waals surface area contributed by atoms with Crippen LogP contribution in [0.5, 0.6) is 0 Å². The highest BCUT2D eigenvalue weighted by molar-refractivity contribution is 6.35. The summed E-state index contributed by atoms with van der Waals surface area (Å²) in [4.78, 5) is 10.4. The Morgan fingerprint density at radius 1 is 1.44 bits per heavy atom. The number of rotatable bonds is 4. The van der Waals surface area contributed by atoms with Gasteiger partial charge in [-0.15, -0.1) is 0 Å². The van der Waals surface area contributed by atoms with Crippen LogP contribution in [-0.2, 0) is 0 Å². The zero-order valence-corrected chi connectivity index (χ0v) is 11.5. The molecule has 2 heterocycles. The van der Waals surface area contributed by atoms with Crippen molar-refractivity contribution in [2.75, 3.05) is 37.2 Å². The molecule has 1 aliphatic heterocycles. The number of nitrogen functional groups attached to an aromatic ring is 1. The Labute approximate surface area is 113 Å². The van der Waals surface area contributed by atoms with Crippen LogP contribution in [0, 0.1) is 5.92 Å². The summed E-state index contributed by atoms with van der Waals surface area (Å²) in [5, 5.41) is 3.61. The second-order valence-corrected chi connectivity index (χ2v) is 5.25. The smallest absolute Gasteiger partial charge is 0.150 e. The lowest BCUT2D eigenvalue weighted by atomic mass is 9.99. The van der Waals surface area contributed by atoms with Crippen molar-refractivity contribution < 1.29 is 0 Å². The van der Waals surface area contributed by atoms with E-state index in [-0.39, 0.29) is 0 Å². The number of halogens is 1. The first-order valence-electron chi connectivity index (χ1n) is 6.39. The maximum Gasteiger partial charge on any atom is 0.150 e. The van der Waals surface area contributed by atoms with Gasteiger partial charge in [-0.25, -0.2) is 9.97 Å². The fourth-order valence-electron chi connectivity index (χ4n) is 2.12. The monoisotopic (exact) mass is 269 g/mol. The molecule has 0 aliphatic carbocycles. The van der Waals surface area contributed by atoms with Gasteiger partial charge in [-0.2, -0.15) is 0 Å². The van der Waals surface area contributed by atoms with Gasteiger partial charge in [-0.1, -0.05) is 18.5 Å². The Kier molecular flexibility index (Phi) is 4.60. The minimum atomic E-state index is 0.320. The van der Waals surface area contributed by atoms with E-state index in [9.17, 15) is 0 Å². The number of anilines is 2. The largest absolute Gasteiger partial charge is 0.382 e. The summed E-state index contributed by atoms with van der Waals surface area (Å²) in [6, 6.07) is 0. The topological polar surface area (TPSA) is 67.1 Å². The van der Waals surface area contributed by atoms with Crippen LogP contribution in [0.25, 0.3) is 0 Å². The van der Waals surface area contributed by atoms with E-state index in [1.54, 1.807) is 0 Å². The summed E-state index contributed by atoms with van der Waals surface area (Å²) < 4.78 is 0. The fraction of sp³-hybridized carbons (Fsp3) is 0.667. The summed E-state index contributed by atoms with van der Waals surface area (Å²) >= 11 is 6.01. The Morgan fingerprint density at radius 3 is 2.89 bits per heavy atom. The van der Waals surface area contributed by atoms with Crippen molar-refractivity contribution in [3.05, 3.63) is 11.3 Å². The molecule has 5 nitrogen and oxygen atoms in total. The normalized spacial score (nSPS) is 17.9. The molecule has 0 atom stereocenters. The maximum atomic E-state index is 6.01. The number of hydrogen-bond donors (Lipinski definition) is 2. The predicted molar refractivity (Wildman–Crippen MR) is 74.8 cm³/mol. The van der Waals surface area contributed by atoms with Gasteiger partial charge < -0.3 is 16.0 Å². The van der Waals surface area contributed by atoms with Crippen molar-refractivity contribution in [2.24, 2.45) is 5.92 Å². The summed E-state index contributed by atoms with van der Waals surface area (Å²) in [7, 11) is 0.